The minimum atomic E-state index is -6.15. The number of fused-ring (bicyclic) bond motifs is 3. The number of esters is 4. The van der Waals surface area contributed by atoms with E-state index in [2.05, 4.69) is 143 Å². The monoisotopic (exact) mass is 1750 g/mol. The Balaban J connectivity index is 0.000000237. The topological polar surface area (TPSA) is 248 Å². The SMILES string of the molecule is CCC(C)(C)C(=O)OC(C)(C)C.CCC(C)(C)C(=O)OCc1ccc(COC(=O)C(F)(F)S(=O)(=O)[O-])cc1.CCC(C)(C)C(=O)Oc1ccc(OC(C)OCCOc2ccc(C3CCCCC3)cc2)cc1.CCC(C)c1ccc(O)cc1.Cc1ccc(C(=O)C([S+]2CCCC2)C(C)(C)C)cc1.OCCc1ccc(-[s+]2c3ccccc3c3ccccc32)cc1. The van der Waals surface area contributed by atoms with Gasteiger partial charge in [-0.15, -0.1) is 0 Å². The molecule has 3 atom stereocenters. The van der Waals surface area contributed by atoms with Crippen molar-refractivity contribution in [1.29, 1.82) is 0 Å². The average Bonchev–Trinajstić information content (AvgIpc) is 1.60. The van der Waals surface area contributed by atoms with E-state index >= 15 is 0 Å². The van der Waals surface area contributed by atoms with Gasteiger partial charge in [-0.25, -0.2) is 13.2 Å². The molecule has 1 aromatic heterocycles. The maximum Gasteiger partial charge on any atom is 0.428 e. The number of aromatic hydroxyl groups is 1. The molecule has 2 fully saturated rings. The van der Waals surface area contributed by atoms with Crippen molar-refractivity contribution in [2.45, 2.75) is 256 Å². The van der Waals surface area contributed by atoms with Crippen molar-refractivity contribution in [2.24, 2.45) is 21.7 Å². The van der Waals surface area contributed by atoms with Crippen molar-refractivity contribution in [3.05, 3.63) is 233 Å². The number of aliphatic hydroxyl groups is 1. The molecule has 2 N–H and O–H groups in total. The van der Waals surface area contributed by atoms with Crippen LogP contribution in [0.2, 0.25) is 0 Å². The van der Waals surface area contributed by atoms with Crippen LogP contribution in [-0.4, -0.2) is 107 Å². The summed E-state index contributed by atoms with van der Waals surface area (Å²) >= 11 is 0. The highest BCUT2D eigenvalue weighted by Gasteiger charge is 2.49. The van der Waals surface area contributed by atoms with Crippen molar-refractivity contribution >= 4 is 81.3 Å². The third-order valence-corrected chi connectivity index (χ3v) is 28.3. The predicted octanol–water partition coefficient (Wildman–Crippen LogP) is 24.2. The molecule has 123 heavy (non-hydrogen) atoms. The van der Waals surface area contributed by atoms with Gasteiger partial charge in [0.05, 0.1) is 22.9 Å². The lowest BCUT2D eigenvalue weighted by molar-refractivity contribution is -0.166. The van der Waals surface area contributed by atoms with E-state index in [1.807, 2.05) is 113 Å². The number of carbonyl (C=O) groups excluding carboxylic acids is 5. The van der Waals surface area contributed by atoms with Crippen LogP contribution < -0.4 is 14.2 Å². The number of aryl methyl sites for hydroxylation is 1. The lowest BCUT2D eigenvalue weighted by atomic mass is 9.84. The Morgan fingerprint density at radius 2 is 1.01 bits per heavy atom. The Morgan fingerprint density at radius 3 is 1.49 bits per heavy atom. The number of carbonyl (C=O) groups is 5. The number of thiophene rings is 1. The molecule has 1 aliphatic carbocycles. The summed E-state index contributed by atoms with van der Waals surface area (Å²) in [6.07, 6.45) is 12.9. The van der Waals surface area contributed by atoms with Gasteiger partial charge in [0, 0.05) is 38.8 Å². The first-order valence-electron chi connectivity index (χ1n) is 42.9. The van der Waals surface area contributed by atoms with Gasteiger partial charge in [-0.3, -0.25) is 19.2 Å². The molecule has 2 heterocycles. The lowest BCUT2D eigenvalue weighted by Crippen LogP contribution is -2.42. The summed E-state index contributed by atoms with van der Waals surface area (Å²) in [6.45, 7) is 37.9. The third-order valence-electron chi connectivity index (χ3n) is 21.9. The normalized spacial score (nSPS) is 14.1. The van der Waals surface area contributed by atoms with Gasteiger partial charge in [0.25, 0.3) is 0 Å². The van der Waals surface area contributed by atoms with E-state index in [0.717, 1.165) is 37.0 Å². The summed E-state index contributed by atoms with van der Waals surface area (Å²) in [5.74, 6) is 3.37. The maximum absolute atomic E-state index is 13.0. The van der Waals surface area contributed by atoms with Crippen molar-refractivity contribution in [3.63, 3.8) is 0 Å². The second kappa shape index (κ2) is 47.9. The maximum atomic E-state index is 13.0. The van der Waals surface area contributed by atoms with Gasteiger partial charge in [0.15, 0.2) is 36.0 Å². The molecule has 0 radical (unpaired) electrons. The van der Waals surface area contributed by atoms with Gasteiger partial charge in [0.1, 0.15) is 59.9 Å². The molecule has 9 aromatic rings. The largest absolute Gasteiger partial charge is 0.743 e. The number of halogens is 2. The minimum absolute atomic E-state index is 0.00876. The molecule has 2 aliphatic rings. The van der Waals surface area contributed by atoms with Crippen LogP contribution in [0.3, 0.4) is 0 Å². The second-order valence-corrected chi connectivity index (χ2v) is 41.0. The van der Waals surface area contributed by atoms with E-state index in [1.165, 1.54) is 128 Å². The van der Waals surface area contributed by atoms with E-state index < -0.39 is 45.1 Å². The smallest absolute Gasteiger partial charge is 0.428 e. The van der Waals surface area contributed by atoms with Gasteiger partial charge in [0.2, 0.25) is 5.78 Å². The molecule has 17 nitrogen and oxygen atoms in total. The predicted molar refractivity (Wildman–Crippen MR) is 493 cm³/mol. The van der Waals surface area contributed by atoms with E-state index in [1.54, 1.807) is 50.2 Å². The molecule has 0 spiro atoms. The van der Waals surface area contributed by atoms with Crippen LogP contribution in [0.25, 0.3) is 25.1 Å². The second-order valence-electron chi connectivity index (χ2n) is 35.3. The van der Waals surface area contributed by atoms with Gasteiger partial charge >= 0.3 is 29.1 Å². The van der Waals surface area contributed by atoms with Crippen LogP contribution in [0, 0.1) is 28.6 Å². The summed E-state index contributed by atoms with van der Waals surface area (Å²) < 4.78 is 97.1. The quantitative estimate of drug-likeness (QED) is 0.00646. The fraction of sp³-hybridized carbons (Fsp3) is 0.475. The van der Waals surface area contributed by atoms with Crippen molar-refractivity contribution in [2.75, 3.05) is 31.3 Å². The molecule has 22 heteroatoms. The fourth-order valence-electron chi connectivity index (χ4n) is 12.9. The number of phenols is 1. The number of hydrogen-bond acceptors (Lipinski definition) is 17. The molecule has 1 aliphatic heterocycles. The summed E-state index contributed by atoms with van der Waals surface area (Å²) in [5, 5.41) is 15.8. The number of benzene rings is 8. The molecular formula is C101H133F2O17S3+. The summed E-state index contributed by atoms with van der Waals surface area (Å²) in [7, 11) is -5.88. The zero-order valence-corrected chi connectivity index (χ0v) is 78.2. The summed E-state index contributed by atoms with van der Waals surface area (Å²) in [6, 6.07) is 63.1. The third kappa shape index (κ3) is 32.5. The highest BCUT2D eigenvalue weighted by molar-refractivity contribution is 7.98. The molecular weight excluding hydrogens is 1620 g/mol. The van der Waals surface area contributed by atoms with Crippen molar-refractivity contribution in [1.82, 2.24) is 0 Å². The number of rotatable bonds is 29. The number of phenolic OH excluding ortho intramolecular Hbond substituents is 1. The number of alkyl halides is 2. The zero-order valence-electron chi connectivity index (χ0n) is 75.7. The van der Waals surface area contributed by atoms with Crippen molar-refractivity contribution < 1.29 is 89.1 Å². The Kier molecular flexibility index (Phi) is 40.0. The number of Topliss-reactive ketones (excluding diaryl/α,β-unsaturated/α-hetero) is 1. The van der Waals surface area contributed by atoms with Crippen LogP contribution in [0.5, 0.6) is 23.0 Å². The van der Waals surface area contributed by atoms with E-state index in [9.17, 15) is 45.7 Å². The molecule has 670 valence electrons. The average molecular weight is 1750 g/mol. The molecule has 8 aromatic carbocycles. The van der Waals surface area contributed by atoms with E-state index in [-0.39, 0.29) is 79.7 Å². The van der Waals surface area contributed by atoms with Crippen LogP contribution >= 0.6 is 10.5 Å². The Bertz CT molecular complexity index is 4810. The molecule has 1 saturated carbocycles. The van der Waals surface area contributed by atoms with Gasteiger partial charge in [-0.2, -0.15) is 8.78 Å². The van der Waals surface area contributed by atoms with Crippen LogP contribution in [0.1, 0.15) is 251 Å². The van der Waals surface area contributed by atoms with Crippen LogP contribution in [-0.2, 0) is 78.8 Å². The van der Waals surface area contributed by atoms with Gasteiger partial charge < -0.3 is 47.9 Å². The highest BCUT2D eigenvalue weighted by atomic mass is 32.2. The Labute approximate surface area is 735 Å². The van der Waals surface area contributed by atoms with Crippen molar-refractivity contribution in [3.8, 4) is 27.9 Å². The number of hydrogen-bond donors (Lipinski definition) is 2. The zero-order chi connectivity index (χ0) is 91.1. The molecule has 0 bridgehead atoms. The Hall–Kier alpha value is -9.03. The number of aliphatic hydroxyl groups excluding tert-OH is 1. The lowest BCUT2D eigenvalue weighted by Gasteiger charge is -2.27. The standard InChI is InChI=1S/C28H38O5.C20H17OS.C17H25OS.C16H20F2O7S.C10H20O2.C10H14O/c1-5-28(3,4)27(29)33-26-17-15-25(16-18-26)32-21(2)30-19-20-31-24-13-11-23(12-14-24)22-9-7-6-8-10-22;21-14-13-15-9-11-16(12-10-15)22-19-7-3-1-5-17(19)18-6-2-4-8-20(18)22;1-13-7-9-14(10-8-13)15(18)16(17(2,3)4)19-11-5-6-12-19;1-4-15(2,3)13(19)24-9-11-5-7-12(8-6-11)10-25-14(20)16(17,18)26(21,22)23;1-7-10(5,6)8(11)12-9(2,3)4;1-3-8(2)9-4-6-10(11)7-5-9/h11-18,21-22H,5-10,19-20H2,1-4H3;1-12,21H,13-14H2;7-10,16H,5-6,11-12H2,1-4H3;5-8H,4,9-10H2,1-3H3,(H,21,22,23);7H2,1-6H3;4-8,11H,3H2,1-2H3/q;2*+1;;;/p-1. The fourth-order valence-corrected chi connectivity index (χ4v) is 18.8. The molecule has 11 rings (SSSR count). The summed E-state index contributed by atoms with van der Waals surface area (Å²) in [4.78, 5) is 60.8. The minimum Gasteiger partial charge on any atom is -0.743 e. The molecule has 0 amide bonds. The van der Waals surface area contributed by atoms with Gasteiger partial charge in [-0.1, -0.05) is 189 Å². The first-order chi connectivity index (χ1) is 57.9. The Morgan fingerprint density at radius 1 is 0.537 bits per heavy atom. The first-order valence-corrected chi connectivity index (χ1v) is 47.2. The van der Waals surface area contributed by atoms with Gasteiger partial charge in [-0.05, 0) is 269 Å². The first kappa shape index (κ1) is 103. The highest BCUT2D eigenvalue weighted by Crippen LogP contribution is 2.48. The molecule has 3 unspecified atom stereocenters. The molecule has 1 saturated heterocycles. The van der Waals surface area contributed by atoms with E-state index in [4.69, 9.17) is 38.6 Å². The van der Waals surface area contributed by atoms with Crippen LogP contribution in [0.15, 0.2) is 194 Å². The number of ether oxygens (including phenoxy) is 7. The van der Waals surface area contributed by atoms with E-state index in [0.29, 0.717) is 60.1 Å². The van der Waals surface area contributed by atoms with Crippen LogP contribution in [0.4, 0.5) is 8.78 Å². The summed E-state index contributed by atoms with van der Waals surface area (Å²) in [5.41, 5.74) is 5.15. The number of ketones is 1.